The first-order valence-electron chi connectivity index (χ1n) is 7.53. The van der Waals surface area contributed by atoms with Crippen molar-refractivity contribution in [3.8, 4) is 5.75 Å². The van der Waals surface area contributed by atoms with Gasteiger partial charge in [0.1, 0.15) is 5.75 Å². The van der Waals surface area contributed by atoms with E-state index < -0.39 is 5.54 Å². The number of anilines is 2. The Morgan fingerprint density at radius 3 is 2.68 bits per heavy atom. The summed E-state index contributed by atoms with van der Waals surface area (Å²) in [5.74, 6) is 0.315. The Morgan fingerprint density at radius 2 is 2.14 bits per heavy atom. The monoisotopic (exact) mass is 305 g/mol. The van der Waals surface area contributed by atoms with Crippen LogP contribution in [0.1, 0.15) is 33.1 Å². The largest absolute Gasteiger partial charge is 0.494 e. The number of nitrogens with one attached hydrogen (secondary N) is 3. The van der Waals surface area contributed by atoms with Gasteiger partial charge in [-0.05, 0) is 37.9 Å². The molecule has 6 heteroatoms. The van der Waals surface area contributed by atoms with E-state index in [9.17, 15) is 9.59 Å². The Hall–Kier alpha value is -2.08. The molecular formula is C16H23N3O3. The molecule has 2 amide bonds. The number of amides is 2. The van der Waals surface area contributed by atoms with Crippen LogP contribution in [0.4, 0.5) is 11.4 Å². The van der Waals surface area contributed by atoms with Crippen LogP contribution in [0.3, 0.4) is 0 Å². The van der Waals surface area contributed by atoms with Gasteiger partial charge in [0.2, 0.25) is 11.8 Å². The first-order chi connectivity index (χ1) is 10.5. The molecule has 0 radical (unpaired) electrons. The molecular weight excluding hydrogens is 282 g/mol. The Kier molecular flexibility index (Phi) is 5.03. The summed E-state index contributed by atoms with van der Waals surface area (Å²) in [7, 11) is 1.53. The summed E-state index contributed by atoms with van der Waals surface area (Å²) in [6, 6.07) is 5.18. The fraction of sp³-hybridized carbons (Fsp3) is 0.500. The van der Waals surface area contributed by atoms with E-state index in [1.807, 2.05) is 6.92 Å². The van der Waals surface area contributed by atoms with E-state index in [0.717, 1.165) is 25.8 Å². The van der Waals surface area contributed by atoms with Crippen molar-refractivity contribution in [2.24, 2.45) is 0 Å². The Labute approximate surface area is 130 Å². The number of methoxy groups -OCH3 is 1. The number of rotatable bonds is 5. The maximum absolute atomic E-state index is 12.5. The highest BCUT2D eigenvalue weighted by molar-refractivity contribution is 5.99. The number of carbonyl (C=O) groups is 2. The van der Waals surface area contributed by atoms with Crippen LogP contribution < -0.4 is 20.7 Å². The molecule has 22 heavy (non-hydrogen) atoms. The average Bonchev–Trinajstić information content (AvgIpc) is 2.98. The van der Waals surface area contributed by atoms with Gasteiger partial charge in [-0.2, -0.15) is 0 Å². The molecule has 1 aromatic rings. The fourth-order valence-corrected chi connectivity index (χ4v) is 2.77. The van der Waals surface area contributed by atoms with Gasteiger partial charge in [0.05, 0.1) is 18.3 Å². The zero-order valence-corrected chi connectivity index (χ0v) is 13.3. The molecule has 6 nitrogen and oxygen atoms in total. The van der Waals surface area contributed by atoms with Gasteiger partial charge in [-0.15, -0.1) is 0 Å². The van der Waals surface area contributed by atoms with Crippen LogP contribution in [0.25, 0.3) is 0 Å². The minimum Gasteiger partial charge on any atom is -0.494 e. The maximum atomic E-state index is 12.5. The third kappa shape index (κ3) is 3.39. The van der Waals surface area contributed by atoms with Crippen LogP contribution >= 0.6 is 0 Å². The molecule has 0 aliphatic carbocycles. The number of hydrogen-bond acceptors (Lipinski definition) is 4. The first-order valence-corrected chi connectivity index (χ1v) is 7.53. The molecule has 1 fully saturated rings. The summed E-state index contributed by atoms with van der Waals surface area (Å²) in [6.07, 6.45) is 2.60. The number of hydrogen-bond donors (Lipinski definition) is 3. The smallest absolute Gasteiger partial charge is 0.244 e. The van der Waals surface area contributed by atoms with Gasteiger partial charge >= 0.3 is 0 Å². The van der Waals surface area contributed by atoms with Crippen molar-refractivity contribution in [1.29, 1.82) is 0 Å². The van der Waals surface area contributed by atoms with Crippen molar-refractivity contribution in [1.82, 2.24) is 5.32 Å². The summed E-state index contributed by atoms with van der Waals surface area (Å²) in [5.41, 5.74) is 0.749. The van der Waals surface area contributed by atoms with Crippen LogP contribution in [-0.4, -0.2) is 31.0 Å². The van der Waals surface area contributed by atoms with Crippen LogP contribution in [0.15, 0.2) is 18.2 Å². The standard InChI is InChI=1S/C16H23N3O3/c1-4-16(8-5-9-17-16)15(21)19-12-6-7-13(18-11(2)20)14(10-12)22-3/h6-7,10,17H,4-5,8-9H2,1-3H3,(H,18,20)(H,19,21). The Morgan fingerprint density at radius 1 is 1.36 bits per heavy atom. The van der Waals surface area contributed by atoms with Crippen molar-refractivity contribution >= 4 is 23.2 Å². The molecule has 0 aromatic heterocycles. The van der Waals surface area contributed by atoms with Crippen LogP contribution in [0.2, 0.25) is 0 Å². The van der Waals surface area contributed by atoms with Crippen LogP contribution in [0, 0.1) is 0 Å². The summed E-state index contributed by atoms with van der Waals surface area (Å²) in [6.45, 7) is 4.32. The molecule has 3 N–H and O–H groups in total. The van der Waals surface area contributed by atoms with Crippen molar-refractivity contribution < 1.29 is 14.3 Å². The highest BCUT2D eigenvalue weighted by Crippen LogP contribution is 2.30. The highest BCUT2D eigenvalue weighted by Gasteiger charge is 2.39. The summed E-state index contributed by atoms with van der Waals surface area (Å²) < 4.78 is 5.26. The fourth-order valence-electron chi connectivity index (χ4n) is 2.77. The second kappa shape index (κ2) is 6.79. The Bertz CT molecular complexity index is 566. The third-order valence-corrected chi connectivity index (χ3v) is 4.05. The van der Waals surface area contributed by atoms with E-state index in [-0.39, 0.29) is 11.8 Å². The molecule has 1 aliphatic heterocycles. The molecule has 1 aromatic carbocycles. The van der Waals surface area contributed by atoms with E-state index in [2.05, 4.69) is 16.0 Å². The van der Waals surface area contributed by atoms with E-state index in [0.29, 0.717) is 17.1 Å². The second-order valence-corrected chi connectivity index (χ2v) is 5.52. The van der Waals surface area contributed by atoms with Crippen molar-refractivity contribution in [2.45, 2.75) is 38.6 Å². The van der Waals surface area contributed by atoms with Gasteiger partial charge in [-0.1, -0.05) is 6.92 Å². The number of ether oxygens (including phenoxy) is 1. The molecule has 0 spiro atoms. The predicted octanol–water partition coefficient (Wildman–Crippen LogP) is 2.12. The number of carbonyl (C=O) groups excluding carboxylic acids is 2. The molecule has 2 rings (SSSR count). The van der Waals surface area contributed by atoms with Gasteiger partial charge in [-0.25, -0.2) is 0 Å². The van der Waals surface area contributed by atoms with Gasteiger partial charge < -0.3 is 20.7 Å². The van der Waals surface area contributed by atoms with Crippen LogP contribution in [0.5, 0.6) is 5.75 Å². The predicted molar refractivity (Wildman–Crippen MR) is 86.2 cm³/mol. The SMILES string of the molecule is CCC1(C(=O)Nc2ccc(NC(C)=O)c(OC)c2)CCCN1. The van der Waals surface area contributed by atoms with Gasteiger partial charge in [0.25, 0.3) is 0 Å². The lowest BCUT2D eigenvalue weighted by atomic mass is 9.93. The highest BCUT2D eigenvalue weighted by atomic mass is 16.5. The molecule has 1 unspecified atom stereocenters. The third-order valence-electron chi connectivity index (χ3n) is 4.05. The van der Waals surface area contributed by atoms with E-state index >= 15 is 0 Å². The molecule has 1 aliphatic rings. The molecule has 1 atom stereocenters. The summed E-state index contributed by atoms with van der Waals surface area (Å²) in [4.78, 5) is 23.7. The number of benzene rings is 1. The lowest BCUT2D eigenvalue weighted by Gasteiger charge is -2.26. The molecule has 0 bridgehead atoms. The summed E-state index contributed by atoms with van der Waals surface area (Å²) >= 11 is 0. The van der Waals surface area contributed by atoms with E-state index in [1.165, 1.54) is 14.0 Å². The molecule has 120 valence electrons. The second-order valence-electron chi connectivity index (χ2n) is 5.52. The minimum absolute atomic E-state index is 0.0261. The molecule has 0 saturated carbocycles. The van der Waals surface area contributed by atoms with Crippen molar-refractivity contribution in [3.05, 3.63) is 18.2 Å². The zero-order chi connectivity index (χ0) is 16.2. The van der Waals surface area contributed by atoms with Gasteiger partial charge in [0.15, 0.2) is 0 Å². The van der Waals surface area contributed by atoms with E-state index in [4.69, 9.17) is 4.74 Å². The molecule has 1 saturated heterocycles. The molecule has 1 heterocycles. The van der Waals surface area contributed by atoms with Gasteiger partial charge in [-0.3, -0.25) is 9.59 Å². The van der Waals surface area contributed by atoms with Crippen molar-refractivity contribution in [2.75, 3.05) is 24.3 Å². The topological polar surface area (TPSA) is 79.5 Å². The first kappa shape index (κ1) is 16.3. The normalized spacial score (nSPS) is 20.5. The van der Waals surface area contributed by atoms with E-state index in [1.54, 1.807) is 18.2 Å². The Balaban J connectivity index is 2.16. The van der Waals surface area contributed by atoms with Crippen molar-refractivity contribution in [3.63, 3.8) is 0 Å². The minimum atomic E-state index is -0.483. The maximum Gasteiger partial charge on any atom is 0.244 e. The quantitative estimate of drug-likeness (QED) is 0.778. The lowest BCUT2D eigenvalue weighted by molar-refractivity contribution is -0.122. The zero-order valence-electron chi connectivity index (χ0n) is 13.3. The average molecular weight is 305 g/mol. The summed E-state index contributed by atoms with van der Waals surface area (Å²) in [5, 5.41) is 8.93. The van der Waals surface area contributed by atoms with Crippen LogP contribution in [-0.2, 0) is 9.59 Å². The van der Waals surface area contributed by atoms with Gasteiger partial charge in [0, 0.05) is 18.7 Å². The lowest BCUT2D eigenvalue weighted by Crippen LogP contribution is -2.50.